The molecule has 0 aromatic heterocycles. The maximum absolute atomic E-state index is 12.5. The SMILES string of the molecule is CC(N)CC(=O)NC1CCN(S(=O)(=O)Cc2ccccc2)CC1. The first-order valence-electron chi connectivity index (χ1n) is 7.93. The van der Waals surface area contributed by atoms with E-state index in [9.17, 15) is 13.2 Å². The summed E-state index contributed by atoms with van der Waals surface area (Å²) in [6.45, 7) is 2.68. The van der Waals surface area contributed by atoms with E-state index in [1.165, 1.54) is 4.31 Å². The summed E-state index contributed by atoms with van der Waals surface area (Å²) in [6, 6.07) is 9.05. The van der Waals surface area contributed by atoms with E-state index < -0.39 is 10.0 Å². The molecule has 1 aliphatic heterocycles. The Hall–Kier alpha value is -1.44. The van der Waals surface area contributed by atoms with Crippen LogP contribution >= 0.6 is 0 Å². The van der Waals surface area contributed by atoms with Gasteiger partial charge in [0.05, 0.1) is 5.75 Å². The topological polar surface area (TPSA) is 92.5 Å². The fourth-order valence-corrected chi connectivity index (χ4v) is 4.30. The number of sulfonamides is 1. The highest BCUT2D eigenvalue weighted by atomic mass is 32.2. The zero-order valence-electron chi connectivity index (χ0n) is 13.4. The molecule has 2 rings (SSSR count). The number of hydrogen-bond donors (Lipinski definition) is 2. The van der Waals surface area contributed by atoms with Crippen molar-refractivity contribution in [1.29, 1.82) is 0 Å². The van der Waals surface area contributed by atoms with E-state index in [2.05, 4.69) is 5.32 Å². The van der Waals surface area contributed by atoms with Crippen molar-refractivity contribution in [2.24, 2.45) is 5.73 Å². The van der Waals surface area contributed by atoms with Crippen LogP contribution in [0, 0.1) is 0 Å². The van der Waals surface area contributed by atoms with E-state index in [4.69, 9.17) is 5.73 Å². The zero-order valence-corrected chi connectivity index (χ0v) is 14.3. The van der Waals surface area contributed by atoms with Crippen molar-refractivity contribution < 1.29 is 13.2 Å². The zero-order chi connectivity index (χ0) is 16.9. The van der Waals surface area contributed by atoms with Gasteiger partial charge in [0.15, 0.2) is 0 Å². The number of piperidine rings is 1. The molecular weight excluding hydrogens is 314 g/mol. The quantitative estimate of drug-likeness (QED) is 0.803. The molecular formula is C16H25N3O3S. The molecule has 0 aliphatic carbocycles. The van der Waals surface area contributed by atoms with Gasteiger partial charge in [0.1, 0.15) is 0 Å². The van der Waals surface area contributed by atoms with Crippen LogP contribution < -0.4 is 11.1 Å². The van der Waals surface area contributed by atoms with Crippen molar-refractivity contribution in [1.82, 2.24) is 9.62 Å². The number of carbonyl (C=O) groups excluding carboxylic acids is 1. The maximum atomic E-state index is 12.5. The summed E-state index contributed by atoms with van der Waals surface area (Å²) < 4.78 is 26.4. The monoisotopic (exact) mass is 339 g/mol. The van der Waals surface area contributed by atoms with Crippen molar-refractivity contribution >= 4 is 15.9 Å². The van der Waals surface area contributed by atoms with Crippen LogP contribution in [-0.4, -0.2) is 43.8 Å². The Bertz CT molecular complexity index is 609. The summed E-state index contributed by atoms with van der Waals surface area (Å²) in [5.41, 5.74) is 6.39. The Labute approximate surface area is 138 Å². The molecule has 1 aromatic rings. The number of nitrogens with one attached hydrogen (secondary N) is 1. The Morgan fingerprint density at radius 1 is 1.30 bits per heavy atom. The third-order valence-electron chi connectivity index (χ3n) is 3.91. The highest BCUT2D eigenvalue weighted by Gasteiger charge is 2.28. The Morgan fingerprint density at radius 3 is 2.48 bits per heavy atom. The molecule has 0 saturated carbocycles. The number of carbonyl (C=O) groups is 1. The van der Waals surface area contributed by atoms with E-state index >= 15 is 0 Å². The fourth-order valence-electron chi connectivity index (χ4n) is 2.73. The minimum Gasteiger partial charge on any atom is -0.353 e. The molecule has 0 spiro atoms. The first-order chi connectivity index (χ1) is 10.9. The molecule has 1 saturated heterocycles. The lowest BCUT2D eigenvalue weighted by atomic mass is 10.1. The van der Waals surface area contributed by atoms with E-state index in [1.54, 1.807) is 6.92 Å². The molecule has 0 radical (unpaired) electrons. The van der Waals surface area contributed by atoms with E-state index in [0.29, 0.717) is 32.4 Å². The summed E-state index contributed by atoms with van der Waals surface area (Å²) in [4.78, 5) is 11.7. The minimum atomic E-state index is -3.31. The summed E-state index contributed by atoms with van der Waals surface area (Å²) in [6.07, 6.45) is 1.57. The lowest BCUT2D eigenvalue weighted by Crippen LogP contribution is -2.47. The van der Waals surface area contributed by atoms with Gasteiger partial charge in [0, 0.05) is 31.6 Å². The second-order valence-corrected chi connectivity index (χ2v) is 8.13. The van der Waals surface area contributed by atoms with Gasteiger partial charge in [-0.2, -0.15) is 0 Å². The van der Waals surface area contributed by atoms with Crippen molar-refractivity contribution in [2.75, 3.05) is 13.1 Å². The maximum Gasteiger partial charge on any atom is 0.221 e. The van der Waals surface area contributed by atoms with Gasteiger partial charge in [0.2, 0.25) is 15.9 Å². The van der Waals surface area contributed by atoms with Crippen LogP contribution in [-0.2, 0) is 20.6 Å². The third kappa shape index (κ3) is 5.60. The molecule has 1 aromatic carbocycles. The van der Waals surface area contributed by atoms with Crippen LogP contribution in [0.4, 0.5) is 0 Å². The molecule has 23 heavy (non-hydrogen) atoms. The summed E-state index contributed by atoms with van der Waals surface area (Å²) >= 11 is 0. The molecule has 1 unspecified atom stereocenters. The normalized spacial score (nSPS) is 18.5. The largest absolute Gasteiger partial charge is 0.353 e. The van der Waals surface area contributed by atoms with Crippen LogP contribution in [0.2, 0.25) is 0 Å². The second-order valence-electron chi connectivity index (χ2n) is 6.16. The van der Waals surface area contributed by atoms with Gasteiger partial charge in [-0.1, -0.05) is 30.3 Å². The molecule has 128 valence electrons. The van der Waals surface area contributed by atoms with Crippen molar-refractivity contribution in [3.8, 4) is 0 Å². The molecule has 3 N–H and O–H groups in total. The molecule has 1 fully saturated rings. The van der Waals surface area contributed by atoms with Gasteiger partial charge in [-0.3, -0.25) is 4.79 Å². The minimum absolute atomic E-state index is 0.0234. The van der Waals surface area contributed by atoms with Gasteiger partial charge < -0.3 is 11.1 Å². The highest BCUT2D eigenvalue weighted by Crippen LogP contribution is 2.17. The van der Waals surface area contributed by atoms with Gasteiger partial charge >= 0.3 is 0 Å². The molecule has 1 amide bonds. The van der Waals surface area contributed by atoms with Gasteiger partial charge in [-0.05, 0) is 25.3 Å². The summed E-state index contributed by atoms with van der Waals surface area (Å²) in [5, 5.41) is 2.93. The lowest BCUT2D eigenvalue weighted by Gasteiger charge is -2.31. The standard InChI is InChI=1S/C16H25N3O3S/c1-13(17)11-16(20)18-15-7-9-19(10-8-15)23(21,22)12-14-5-3-2-4-6-14/h2-6,13,15H,7-12,17H2,1H3,(H,18,20). The van der Waals surface area contributed by atoms with Crippen molar-refractivity contribution in [3.63, 3.8) is 0 Å². The molecule has 7 heteroatoms. The highest BCUT2D eigenvalue weighted by molar-refractivity contribution is 7.88. The van der Waals surface area contributed by atoms with Crippen LogP contribution in [0.1, 0.15) is 31.7 Å². The van der Waals surface area contributed by atoms with Gasteiger partial charge in [0.25, 0.3) is 0 Å². The first kappa shape index (κ1) is 17.9. The van der Waals surface area contributed by atoms with Crippen LogP contribution in [0.15, 0.2) is 30.3 Å². The van der Waals surface area contributed by atoms with Crippen LogP contribution in [0.5, 0.6) is 0 Å². The Kier molecular flexibility index (Phi) is 6.15. The smallest absolute Gasteiger partial charge is 0.221 e. The number of nitrogens with zero attached hydrogens (tertiary/aromatic N) is 1. The number of benzene rings is 1. The summed E-state index contributed by atoms with van der Waals surface area (Å²) in [7, 11) is -3.31. The van der Waals surface area contributed by atoms with Gasteiger partial charge in [-0.25, -0.2) is 12.7 Å². The Balaban J connectivity index is 1.85. The van der Waals surface area contributed by atoms with Crippen LogP contribution in [0.25, 0.3) is 0 Å². The number of hydrogen-bond acceptors (Lipinski definition) is 4. The fraction of sp³-hybridized carbons (Fsp3) is 0.562. The van der Waals surface area contributed by atoms with E-state index in [1.807, 2.05) is 30.3 Å². The molecule has 1 heterocycles. The molecule has 1 aliphatic rings. The number of rotatable bonds is 6. The molecule has 1 atom stereocenters. The van der Waals surface area contributed by atoms with E-state index in [0.717, 1.165) is 5.56 Å². The lowest BCUT2D eigenvalue weighted by molar-refractivity contribution is -0.122. The number of nitrogens with two attached hydrogens (primary N) is 1. The first-order valence-corrected chi connectivity index (χ1v) is 9.54. The van der Waals surface area contributed by atoms with Crippen molar-refractivity contribution in [3.05, 3.63) is 35.9 Å². The van der Waals surface area contributed by atoms with E-state index in [-0.39, 0.29) is 23.7 Å². The number of amides is 1. The summed E-state index contributed by atoms with van der Waals surface area (Å²) in [5.74, 6) is -0.0409. The third-order valence-corrected chi connectivity index (χ3v) is 5.76. The molecule has 0 bridgehead atoms. The molecule has 6 nitrogen and oxygen atoms in total. The van der Waals surface area contributed by atoms with Gasteiger partial charge in [-0.15, -0.1) is 0 Å². The van der Waals surface area contributed by atoms with Crippen molar-refractivity contribution in [2.45, 2.75) is 44.0 Å². The predicted molar refractivity (Wildman–Crippen MR) is 90.1 cm³/mol. The average molecular weight is 339 g/mol. The van der Waals surface area contributed by atoms with Crippen LogP contribution in [0.3, 0.4) is 0 Å². The average Bonchev–Trinajstić information content (AvgIpc) is 2.47. The predicted octanol–water partition coefficient (Wildman–Crippen LogP) is 0.834. The second kappa shape index (κ2) is 7.90. The Morgan fingerprint density at radius 2 is 1.91 bits per heavy atom.